The van der Waals surface area contributed by atoms with Crippen molar-refractivity contribution in [2.45, 2.75) is 0 Å². The summed E-state index contributed by atoms with van der Waals surface area (Å²) in [6, 6.07) is 6.70. The lowest BCUT2D eigenvalue weighted by Gasteiger charge is -2.24. The average Bonchev–Trinajstić information content (AvgIpc) is 2.16. The molecule has 16 heavy (non-hydrogen) atoms. The van der Waals surface area contributed by atoms with Gasteiger partial charge in [0.15, 0.2) is 0 Å². The van der Waals surface area contributed by atoms with Crippen molar-refractivity contribution in [3.63, 3.8) is 0 Å². The number of anilines is 1. The van der Waals surface area contributed by atoms with Gasteiger partial charge >= 0.3 is 0 Å². The first-order valence-corrected chi connectivity index (χ1v) is 5.18. The molecule has 0 aromatic heterocycles. The molecule has 0 fully saturated rings. The second-order valence-electron chi connectivity index (χ2n) is 4.71. The standard InChI is InChI=1S/C11H18N3O2/c1-14(2,3)9-8-12-10-6-4-5-7-11(10)13(15)16/h4-7,12H,8-9H2,1-3H3/q+1. The van der Waals surface area contributed by atoms with Crippen LogP contribution >= 0.6 is 0 Å². The molecule has 0 unspecified atom stereocenters. The number of nitrogens with one attached hydrogen (secondary N) is 1. The summed E-state index contributed by atoms with van der Waals surface area (Å²) >= 11 is 0. The molecular formula is C11H18N3O2+. The first-order valence-electron chi connectivity index (χ1n) is 5.18. The Bertz CT molecular complexity index is 372. The number of nitro groups is 1. The van der Waals surface area contributed by atoms with Gasteiger partial charge in [0.05, 0.1) is 39.2 Å². The van der Waals surface area contributed by atoms with Crippen LogP contribution in [0.25, 0.3) is 0 Å². The number of likely N-dealkylation sites (N-methyl/N-ethyl adjacent to an activating group) is 1. The third-order valence-corrected chi connectivity index (χ3v) is 2.20. The van der Waals surface area contributed by atoms with E-state index in [9.17, 15) is 10.1 Å². The minimum Gasteiger partial charge on any atom is -0.374 e. The maximum Gasteiger partial charge on any atom is 0.292 e. The summed E-state index contributed by atoms with van der Waals surface area (Å²) in [5.41, 5.74) is 0.713. The van der Waals surface area contributed by atoms with Gasteiger partial charge in [-0.2, -0.15) is 0 Å². The Labute approximate surface area is 95.4 Å². The van der Waals surface area contributed by atoms with Gasteiger partial charge in [-0.05, 0) is 6.07 Å². The molecule has 0 amide bonds. The highest BCUT2D eigenvalue weighted by Crippen LogP contribution is 2.22. The molecule has 0 heterocycles. The molecule has 1 aromatic carbocycles. The van der Waals surface area contributed by atoms with E-state index < -0.39 is 0 Å². The molecular weight excluding hydrogens is 206 g/mol. The van der Waals surface area contributed by atoms with Crippen LogP contribution in [-0.2, 0) is 0 Å². The van der Waals surface area contributed by atoms with Crippen molar-refractivity contribution in [1.82, 2.24) is 0 Å². The Balaban J connectivity index is 2.64. The fourth-order valence-electron chi connectivity index (χ4n) is 1.31. The predicted octanol–water partition coefficient (Wildman–Crippen LogP) is 1.71. The molecule has 0 aliphatic carbocycles. The van der Waals surface area contributed by atoms with Crippen molar-refractivity contribution in [2.75, 3.05) is 39.5 Å². The van der Waals surface area contributed by atoms with Gasteiger partial charge in [-0.1, -0.05) is 12.1 Å². The topological polar surface area (TPSA) is 55.2 Å². The Morgan fingerprint density at radius 1 is 1.31 bits per heavy atom. The van der Waals surface area contributed by atoms with Crippen LogP contribution in [0.2, 0.25) is 0 Å². The Kier molecular flexibility index (Phi) is 3.84. The summed E-state index contributed by atoms with van der Waals surface area (Å²) in [4.78, 5) is 10.4. The van der Waals surface area contributed by atoms with Crippen LogP contribution < -0.4 is 5.32 Å². The smallest absolute Gasteiger partial charge is 0.292 e. The fraction of sp³-hybridized carbons (Fsp3) is 0.455. The molecule has 0 aliphatic heterocycles. The van der Waals surface area contributed by atoms with E-state index in [0.29, 0.717) is 12.2 Å². The molecule has 1 N–H and O–H groups in total. The predicted molar refractivity (Wildman–Crippen MR) is 64.5 cm³/mol. The van der Waals surface area contributed by atoms with E-state index in [4.69, 9.17) is 0 Å². The number of benzene rings is 1. The molecule has 0 aliphatic rings. The number of hydrogen-bond donors (Lipinski definition) is 1. The van der Waals surface area contributed by atoms with E-state index in [0.717, 1.165) is 11.0 Å². The van der Waals surface area contributed by atoms with Crippen LogP contribution in [0.5, 0.6) is 0 Å². The number of quaternary nitrogens is 1. The molecule has 1 rings (SSSR count). The van der Waals surface area contributed by atoms with Crippen molar-refractivity contribution in [3.05, 3.63) is 34.4 Å². The number of nitrogens with zero attached hydrogens (tertiary/aromatic N) is 2. The Morgan fingerprint density at radius 3 is 2.50 bits per heavy atom. The second-order valence-corrected chi connectivity index (χ2v) is 4.71. The number of rotatable bonds is 5. The van der Waals surface area contributed by atoms with Crippen LogP contribution in [0, 0.1) is 10.1 Å². The molecule has 0 atom stereocenters. The molecule has 0 bridgehead atoms. The third kappa shape index (κ3) is 3.86. The number of para-hydroxylation sites is 2. The lowest BCUT2D eigenvalue weighted by Crippen LogP contribution is -2.38. The van der Waals surface area contributed by atoms with Crippen molar-refractivity contribution in [1.29, 1.82) is 0 Å². The van der Waals surface area contributed by atoms with E-state index in [-0.39, 0.29) is 10.6 Å². The molecule has 1 aromatic rings. The summed E-state index contributed by atoms with van der Waals surface area (Å²) < 4.78 is 0.827. The monoisotopic (exact) mass is 224 g/mol. The minimum absolute atomic E-state index is 0.129. The molecule has 0 spiro atoms. The summed E-state index contributed by atoms with van der Waals surface area (Å²) in [7, 11) is 6.25. The van der Waals surface area contributed by atoms with Gasteiger partial charge in [0.1, 0.15) is 5.69 Å². The van der Waals surface area contributed by atoms with Crippen molar-refractivity contribution < 1.29 is 9.41 Å². The Hall–Kier alpha value is -1.62. The fourth-order valence-corrected chi connectivity index (χ4v) is 1.31. The minimum atomic E-state index is -0.367. The number of hydrogen-bond acceptors (Lipinski definition) is 3. The lowest BCUT2D eigenvalue weighted by molar-refractivity contribution is -0.868. The van der Waals surface area contributed by atoms with E-state index in [1.54, 1.807) is 18.2 Å². The van der Waals surface area contributed by atoms with Crippen molar-refractivity contribution >= 4 is 11.4 Å². The molecule has 88 valence electrons. The van der Waals surface area contributed by atoms with E-state index in [1.165, 1.54) is 6.07 Å². The van der Waals surface area contributed by atoms with Gasteiger partial charge in [0.2, 0.25) is 0 Å². The molecule has 0 radical (unpaired) electrons. The zero-order chi connectivity index (χ0) is 12.2. The van der Waals surface area contributed by atoms with Gasteiger partial charge < -0.3 is 9.80 Å². The molecule has 0 saturated heterocycles. The van der Waals surface area contributed by atoms with Crippen LogP contribution in [0.4, 0.5) is 11.4 Å². The van der Waals surface area contributed by atoms with Crippen molar-refractivity contribution in [2.24, 2.45) is 0 Å². The number of nitro benzene ring substituents is 1. The van der Waals surface area contributed by atoms with Crippen molar-refractivity contribution in [3.8, 4) is 0 Å². The summed E-state index contributed by atoms with van der Waals surface area (Å²) in [6.45, 7) is 1.63. The zero-order valence-electron chi connectivity index (χ0n) is 9.93. The zero-order valence-corrected chi connectivity index (χ0v) is 9.93. The SMILES string of the molecule is C[N+](C)(C)CCNc1ccccc1[N+](=O)[O-]. The first-order chi connectivity index (χ1) is 7.40. The summed E-state index contributed by atoms with van der Waals surface area (Å²) in [6.07, 6.45) is 0. The first kappa shape index (κ1) is 12.4. The van der Waals surface area contributed by atoms with Crippen LogP contribution in [0.3, 0.4) is 0 Å². The van der Waals surface area contributed by atoms with Gasteiger partial charge in [0.25, 0.3) is 5.69 Å². The maximum absolute atomic E-state index is 10.7. The van der Waals surface area contributed by atoms with Gasteiger partial charge in [-0.25, -0.2) is 0 Å². The largest absolute Gasteiger partial charge is 0.374 e. The summed E-state index contributed by atoms with van der Waals surface area (Å²) in [5, 5.41) is 13.8. The van der Waals surface area contributed by atoms with E-state index >= 15 is 0 Å². The van der Waals surface area contributed by atoms with Gasteiger partial charge in [0, 0.05) is 6.07 Å². The van der Waals surface area contributed by atoms with E-state index in [2.05, 4.69) is 26.5 Å². The molecule has 0 saturated carbocycles. The Morgan fingerprint density at radius 2 is 1.94 bits per heavy atom. The van der Waals surface area contributed by atoms with Crippen LogP contribution in [0.15, 0.2) is 24.3 Å². The highest BCUT2D eigenvalue weighted by molar-refractivity contribution is 5.60. The second kappa shape index (κ2) is 4.94. The van der Waals surface area contributed by atoms with Crippen LogP contribution in [-0.4, -0.2) is 43.6 Å². The molecule has 5 heteroatoms. The highest BCUT2D eigenvalue weighted by atomic mass is 16.6. The highest BCUT2D eigenvalue weighted by Gasteiger charge is 2.12. The van der Waals surface area contributed by atoms with E-state index in [1.807, 2.05) is 0 Å². The quantitative estimate of drug-likeness (QED) is 0.470. The average molecular weight is 224 g/mol. The molecule has 5 nitrogen and oxygen atoms in total. The normalized spacial score (nSPS) is 11.2. The third-order valence-electron chi connectivity index (χ3n) is 2.20. The maximum atomic E-state index is 10.7. The van der Waals surface area contributed by atoms with Gasteiger partial charge in [-0.3, -0.25) is 10.1 Å². The van der Waals surface area contributed by atoms with Crippen LogP contribution in [0.1, 0.15) is 0 Å². The van der Waals surface area contributed by atoms with Gasteiger partial charge in [-0.15, -0.1) is 0 Å². The lowest BCUT2D eigenvalue weighted by atomic mass is 10.2. The summed E-state index contributed by atoms with van der Waals surface area (Å²) in [5.74, 6) is 0.